The van der Waals surface area contributed by atoms with Crippen LogP contribution < -0.4 is 5.73 Å². The first-order valence-electron chi connectivity index (χ1n) is 8.47. The number of nitrogens with two attached hydrogens (primary N) is 1. The lowest BCUT2D eigenvalue weighted by Gasteiger charge is -2.49. The Hall–Kier alpha value is -0.900. The first-order chi connectivity index (χ1) is 10.2. The van der Waals surface area contributed by atoms with Crippen molar-refractivity contribution < 1.29 is 0 Å². The minimum Gasteiger partial charge on any atom is -0.329 e. The summed E-state index contributed by atoms with van der Waals surface area (Å²) in [5.74, 6) is 0. The number of hydrogen-bond acceptors (Lipinski definition) is 3. The third kappa shape index (κ3) is 3.15. The van der Waals surface area contributed by atoms with Crippen molar-refractivity contribution in [2.45, 2.75) is 50.7 Å². The summed E-state index contributed by atoms with van der Waals surface area (Å²) in [6.07, 6.45) is 5.20. The Balaban J connectivity index is 1.71. The molecular formula is C18H29N3. The van der Waals surface area contributed by atoms with E-state index in [0.29, 0.717) is 6.04 Å². The zero-order chi connectivity index (χ0) is 14.7. The molecule has 0 spiro atoms. The van der Waals surface area contributed by atoms with Gasteiger partial charge >= 0.3 is 0 Å². The van der Waals surface area contributed by atoms with Gasteiger partial charge in [-0.1, -0.05) is 30.3 Å². The van der Waals surface area contributed by atoms with Gasteiger partial charge in [-0.3, -0.25) is 9.80 Å². The van der Waals surface area contributed by atoms with E-state index in [1.807, 2.05) is 0 Å². The molecule has 2 saturated heterocycles. The van der Waals surface area contributed by atoms with Crippen LogP contribution in [-0.4, -0.2) is 47.6 Å². The van der Waals surface area contributed by atoms with E-state index in [-0.39, 0.29) is 5.54 Å². The van der Waals surface area contributed by atoms with Crippen LogP contribution in [0.15, 0.2) is 30.3 Å². The topological polar surface area (TPSA) is 32.5 Å². The molecule has 2 heterocycles. The van der Waals surface area contributed by atoms with E-state index in [1.54, 1.807) is 0 Å². The fourth-order valence-corrected chi connectivity index (χ4v) is 4.34. The van der Waals surface area contributed by atoms with E-state index >= 15 is 0 Å². The molecule has 3 rings (SSSR count). The van der Waals surface area contributed by atoms with E-state index in [0.717, 1.165) is 19.6 Å². The van der Waals surface area contributed by atoms with E-state index in [4.69, 9.17) is 5.73 Å². The Morgan fingerprint density at radius 3 is 2.67 bits per heavy atom. The summed E-state index contributed by atoms with van der Waals surface area (Å²) in [4.78, 5) is 5.32. The lowest BCUT2D eigenvalue weighted by Crippen LogP contribution is -2.63. The first kappa shape index (κ1) is 15.0. The van der Waals surface area contributed by atoms with Gasteiger partial charge in [0.25, 0.3) is 0 Å². The van der Waals surface area contributed by atoms with Crippen LogP contribution in [0.5, 0.6) is 0 Å². The lowest BCUT2D eigenvalue weighted by molar-refractivity contribution is 0.00912. The summed E-state index contributed by atoms with van der Waals surface area (Å²) in [6.45, 7) is 7.80. The molecule has 0 bridgehead atoms. The SMILES string of the molecule is CC1CCCN1C1(CN)CCCN(Cc2ccccc2)C1. The molecule has 2 N–H and O–H groups in total. The molecule has 0 aromatic heterocycles. The zero-order valence-corrected chi connectivity index (χ0v) is 13.3. The summed E-state index contributed by atoms with van der Waals surface area (Å²) in [5, 5.41) is 0. The minimum atomic E-state index is 0.211. The molecule has 0 saturated carbocycles. The number of benzene rings is 1. The molecule has 1 aromatic carbocycles. The van der Waals surface area contributed by atoms with Gasteiger partial charge in [-0.05, 0) is 51.3 Å². The van der Waals surface area contributed by atoms with E-state index in [2.05, 4.69) is 47.1 Å². The van der Waals surface area contributed by atoms with Crippen molar-refractivity contribution in [3.63, 3.8) is 0 Å². The second kappa shape index (κ2) is 6.47. The van der Waals surface area contributed by atoms with Crippen molar-refractivity contribution >= 4 is 0 Å². The lowest BCUT2D eigenvalue weighted by atomic mass is 9.86. The highest BCUT2D eigenvalue weighted by Crippen LogP contribution is 2.33. The molecule has 116 valence electrons. The van der Waals surface area contributed by atoms with Crippen molar-refractivity contribution in [1.82, 2.24) is 9.80 Å². The predicted molar refractivity (Wildman–Crippen MR) is 88.1 cm³/mol. The van der Waals surface area contributed by atoms with Gasteiger partial charge in [-0.15, -0.1) is 0 Å². The molecular weight excluding hydrogens is 258 g/mol. The molecule has 21 heavy (non-hydrogen) atoms. The Bertz CT molecular complexity index is 447. The van der Waals surface area contributed by atoms with Crippen molar-refractivity contribution in [2.24, 2.45) is 5.73 Å². The molecule has 0 radical (unpaired) electrons. The molecule has 0 amide bonds. The van der Waals surface area contributed by atoms with Gasteiger partial charge < -0.3 is 5.73 Å². The second-order valence-corrected chi connectivity index (χ2v) is 6.91. The average Bonchev–Trinajstić information content (AvgIpc) is 2.95. The van der Waals surface area contributed by atoms with Crippen LogP contribution in [0, 0.1) is 0 Å². The minimum absolute atomic E-state index is 0.211. The van der Waals surface area contributed by atoms with Crippen LogP contribution in [0.3, 0.4) is 0 Å². The van der Waals surface area contributed by atoms with E-state index < -0.39 is 0 Å². The van der Waals surface area contributed by atoms with Crippen molar-refractivity contribution in [3.8, 4) is 0 Å². The highest BCUT2D eigenvalue weighted by atomic mass is 15.3. The molecule has 3 heteroatoms. The van der Waals surface area contributed by atoms with E-state index in [1.165, 1.54) is 44.3 Å². The number of rotatable bonds is 4. The van der Waals surface area contributed by atoms with Crippen LogP contribution >= 0.6 is 0 Å². The van der Waals surface area contributed by atoms with Crippen molar-refractivity contribution in [3.05, 3.63) is 35.9 Å². The normalized spacial score (nSPS) is 31.6. The third-order valence-electron chi connectivity index (χ3n) is 5.43. The van der Waals surface area contributed by atoms with Gasteiger partial charge in [0.2, 0.25) is 0 Å². The standard InChI is InChI=1S/C18H29N3/c1-16-7-5-12-21(16)18(14-19)10-6-11-20(15-18)13-17-8-3-2-4-9-17/h2-4,8-9,16H,5-7,10-15,19H2,1H3. The zero-order valence-electron chi connectivity index (χ0n) is 13.3. The molecule has 0 aliphatic carbocycles. The van der Waals surface area contributed by atoms with Gasteiger partial charge in [-0.2, -0.15) is 0 Å². The summed E-state index contributed by atoms with van der Waals surface area (Å²) in [7, 11) is 0. The van der Waals surface area contributed by atoms with Crippen molar-refractivity contribution in [1.29, 1.82) is 0 Å². The number of likely N-dealkylation sites (tertiary alicyclic amines) is 2. The summed E-state index contributed by atoms with van der Waals surface area (Å²) < 4.78 is 0. The Kier molecular flexibility index (Phi) is 4.63. The van der Waals surface area contributed by atoms with Crippen LogP contribution in [0.2, 0.25) is 0 Å². The molecule has 2 fully saturated rings. The van der Waals surface area contributed by atoms with Gasteiger partial charge in [0.05, 0.1) is 0 Å². The fourth-order valence-electron chi connectivity index (χ4n) is 4.34. The van der Waals surface area contributed by atoms with Gasteiger partial charge in [-0.25, -0.2) is 0 Å². The number of nitrogens with zero attached hydrogens (tertiary/aromatic N) is 2. The third-order valence-corrected chi connectivity index (χ3v) is 5.43. The highest BCUT2D eigenvalue weighted by molar-refractivity contribution is 5.15. The van der Waals surface area contributed by atoms with Crippen LogP contribution in [0.25, 0.3) is 0 Å². The van der Waals surface area contributed by atoms with E-state index in [9.17, 15) is 0 Å². The molecule has 2 aliphatic heterocycles. The van der Waals surface area contributed by atoms with Crippen LogP contribution in [0.1, 0.15) is 38.2 Å². The summed E-state index contributed by atoms with van der Waals surface area (Å²) in [5.41, 5.74) is 7.90. The maximum absolute atomic E-state index is 6.27. The smallest absolute Gasteiger partial charge is 0.0461 e. The molecule has 1 aromatic rings. The largest absolute Gasteiger partial charge is 0.329 e. The van der Waals surface area contributed by atoms with Crippen LogP contribution in [0.4, 0.5) is 0 Å². The highest BCUT2D eigenvalue weighted by Gasteiger charge is 2.42. The number of hydrogen-bond donors (Lipinski definition) is 1. The Morgan fingerprint density at radius 2 is 2.00 bits per heavy atom. The second-order valence-electron chi connectivity index (χ2n) is 6.91. The maximum atomic E-state index is 6.27. The molecule has 2 aliphatic rings. The Labute approximate surface area is 129 Å². The Morgan fingerprint density at radius 1 is 1.19 bits per heavy atom. The quantitative estimate of drug-likeness (QED) is 0.923. The fraction of sp³-hybridized carbons (Fsp3) is 0.667. The van der Waals surface area contributed by atoms with Crippen molar-refractivity contribution in [2.75, 3.05) is 26.2 Å². The average molecular weight is 287 g/mol. The predicted octanol–water partition coefficient (Wildman–Crippen LogP) is 2.46. The van der Waals surface area contributed by atoms with Gasteiger partial charge in [0.15, 0.2) is 0 Å². The molecule has 2 unspecified atom stereocenters. The monoisotopic (exact) mass is 287 g/mol. The first-order valence-corrected chi connectivity index (χ1v) is 8.47. The van der Waals surface area contributed by atoms with Gasteiger partial charge in [0, 0.05) is 31.2 Å². The number of piperidine rings is 1. The molecule has 3 nitrogen and oxygen atoms in total. The summed E-state index contributed by atoms with van der Waals surface area (Å²) >= 11 is 0. The molecule has 2 atom stereocenters. The summed E-state index contributed by atoms with van der Waals surface area (Å²) in [6, 6.07) is 11.5. The maximum Gasteiger partial charge on any atom is 0.0461 e. The van der Waals surface area contributed by atoms with Crippen LogP contribution in [-0.2, 0) is 6.54 Å². The van der Waals surface area contributed by atoms with Gasteiger partial charge in [0.1, 0.15) is 0 Å².